The molecule has 0 radical (unpaired) electrons. The number of nitrogens with zero attached hydrogens (tertiary/aromatic N) is 1. The van der Waals surface area contributed by atoms with E-state index in [0.29, 0.717) is 29.4 Å². The minimum atomic E-state index is -0.815. The Morgan fingerprint density at radius 3 is 2.14 bits per heavy atom. The summed E-state index contributed by atoms with van der Waals surface area (Å²) < 4.78 is 10.5. The maximum absolute atomic E-state index is 13.2. The molecule has 3 rings (SSSR count). The van der Waals surface area contributed by atoms with E-state index in [-0.39, 0.29) is 29.6 Å². The molecular formula is C21H28N2O5S. The molecule has 1 aliphatic heterocycles. The van der Waals surface area contributed by atoms with Crippen LogP contribution in [-0.2, 0) is 14.4 Å². The molecule has 7 nitrogen and oxygen atoms in total. The van der Waals surface area contributed by atoms with E-state index in [9.17, 15) is 14.4 Å². The number of nitrogens with one attached hydrogen (secondary N) is 1. The van der Waals surface area contributed by atoms with E-state index < -0.39 is 6.04 Å². The Morgan fingerprint density at radius 1 is 1.10 bits per heavy atom. The van der Waals surface area contributed by atoms with Gasteiger partial charge in [0, 0.05) is 23.9 Å². The zero-order valence-electron chi connectivity index (χ0n) is 17.1. The molecule has 1 aromatic carbocycles. The van der Waals surface area contributed by atoms with Crippen molar-refractivity contribution in [2.75, 3.05) is 31.5 Å². The van der Waals surface area contributed by atoms with E-state index in [1.165, 1.54) is 19.1 Å². The van der Waals surface area contributed by atoms with Crippen molar-refractivity contribution in [1.82, 2.24) is 4.90 Å². The Morgan fingerprint density at radius 2 is 1.66 bits per heavy atom. The number of ether oxygens (including phenoxy) is 2. The predicted molar refractivity (Wildman–Crippen MR) is 112 cm³/mol. The van der Waals surface area contributed by atoms with Crippen LogP contribution < -0.4 is 14.8 Å². The number of carbonyl (C=O) groups excluding carboxylic acids is 3. The van der Waals surface area contributed by atoms with Crippen LogP contribution in [0.4, 0.5) is 5.69 Å². The number of fused-ring (bicyclic) bond motifs is 1. The Hall–Kier alpha value is -2.22. The summed E-state index contributed by atoms with van der Waals surface area (Å²) in [4.78, 5) is 40.4. The Kier molecular flexibility index (Phi) is 7.05. The van der Waals surface area contributed by atoms with Gasteiger partial charge in [-0.1, -0.05) is 12.8 Å². The number of thioether (sulfide) groups is 1. The molecule has 158 valence electrons. The maximum atomic E-state index is 13.2. The Bertz CT molecular complexity index is 738. The third-order valence-corrected chi connectivity index (χ3v) is 6.35. The summed E-state index contributed by atoms with van der Waals surface area (Å²) in [6.07, 6.45) is 5.74. The Balaban J connectivity index is 1.84. The fourth-order valence-electron chi connectivity index (χ4n) is 4.21. The summed E-state index contributed by atoms with van der Waals surface area (Å²) in [7, 11) is 3.07. The van der Waals surface area contributed by atoms with Crippen molar-refractivity contribution in [3.05, 3.63) is 18.2 Å². The van der Waals surface area contributed by atoms with Gasteiger partial charge in [-0.05, 0) is 31.3 Å². The smallest absolute Gasteiger partial charge is 0.247 e. The van der Waals surface area contributed by atoms with Crippen LogP contribution >= 0.6 is 11.8 Å². The second-order valence-electron chi connectivity index (χ2n) is 7.43. The molecule has 3 atom stereocenters. The zero-order valence-corrected chi connectivity index (χ0v) is 17.9. The highest BCUT2D eigenvalue weighted by molar-refractivity contribution is 7.98. The molecule has 0 unspecified atom stereocenters. The lowest BCUT2D eigenvalue weighted by Crippen LogP contribution is -2.48. The van der Waals surface area contributed by atoms with E-state index in [0.717, 1.165) is 25.7 Å². The number of rotatable bonds is 8. The van der Waals surface area contributed by atoms with Gasteiger partial charge in [-0.15, -0.1) is 0 Å². The summed E-state index contributed by atoms with van der Waals surface area (Å²) in [5.41, 5.74) is 0.497. The van der Waals surface area contributed by atoms with E-state index in [1.807, 2.05) is 6.26 Å². The van der Waals surface area contributed by atoms with Gasteiger partial charge in [-0.3, -0.25) is 19.3 Å². The maximum Gasteiger partial charge on any atom is 0.247 e. The van der Waals surface area contributed by atoms with Crippen molar-refractivity contribution in [1.29, 1.82) is 0 Å². The van der Waals surface area contributed by atoms with Crippen molar-refractivity contribution in [2.45, 2.75) is 38.1 Å². The topological polar surface area (TPSA) is 84.9 Å². The number of hydrogen-bond donors (Lipinski definition) is 1. The van der Waals surface area contributed by atoms with E-state index >= 15 is 0 Å². The lowest BCUT2D eigenvalue weighted by molar-refractivity contribution is -0.146. The number of imide groups is 1. The minimum Gasteiger partial charge on any atom is -0.497 e. The van der Waals surface area contributed by atoms with Gasteiger partial charge in [0.25, 0.3) is 0 Å². The molecule has 1 N–H and O–H groups in total. The molecule has 2 fully saturated rings. The molecule has 3 amide bonds. The van der Waals surface area contributed by atoms with Gasteiger partial charge < -0.3 is 14.8 Å². The van der Waals surface area contributed by atoms with Gasteiger partial charge in [0.05, 0.1) is 26.1 Å². The van der Waals surface area contributed by atoms with Gasteiger partial charge >= 0.3 is 0 Å². The summed E-state index contributed by atoms with van der Waals surface area (Å²) in [6.45, 7) is 0. The van der Waals surface area contributed by atoms with E-state index in [1.54, 1.807) is 30.0 Å². The van der Waals surface area contributed by atoms with Gasteiger partial charge in [-0.2, -0.15) is 11.8 Å². The van der Waals surface area contributed by atoms with Gasteiger partial charge in [0.15, 0.2) is 0 Å². The largest absolute Gasteiger partial charge is 0.497 e. The van der Waals surface area contributed by atoms with Crippen LogP contribution in [0.15, 0.2) is 18.2 Å². The summed E-state index contributed by atoms with van der Waals surface area (Å²) >= 11 is 1.58. The van der Waals surface area contributed by atoms with Gasteiger partial charge in [0.2, 0.25) is 17.7 Å². The van der Waals surface area contributed by atoms with Crippen LogP contribution in [0.2, 0.25) is 0 Å². The summed E-state index contributed by atoms with van der Waals surface area (Å²) in [6, 6.07) is 4.25. The number of methoxy groups -OCH3 is 2. The first-order valence-corrected chi connectivity index (χ1v) is 11.3. The molecule has 1 saturated carbocycles. The van der Waals surface area contributed by atoms with Gasteiger partial charge in [-0.25, -0.2) is 0 Å². The number of carbonyl (C=O) groups is 3. The highest BCUT2D eigenvalue weighted by Gasteiger charge is 2.51. The van der Waals surface area contributed by atoms with Crippen molar-refractivity contribution in [3.63, 3.8) is 0 Å². The second-order valence-corrected chi connectivity index (χ2v) is 8.42. The van der Waals surface area contributed by atoms with E-state index in [4.69, 9.17) is 9.47 Å². The standard InChI is InChI=1S/C21H28N2O5S/c1-27-14-10-13(11-15(12-14)28-2)22-19(24)18(8-9-29-3)23-20(25)16-6-4-5-7-17(16)21(23)26/h10-12,16-18H,4-9H2,1-3H3,(H,22,24)/t16-,17+,18-/m1/s1. The number of likely N-dealkylation sites (tertiary alicyclic amines) is 1. The minimum absolute atomic E-state index is 0.191. The van der Waals surface area contributed by atoms with Crippen LogP contribution in [0, 0.1) is 11.8 Å². The van der Waals surface area contributed by atoms with Crippen molar-refractivity contribution < 1.29 is 23.9 Å². The number of anilines is 1. The average Bonchev–Trinajstić information content (AvgIpc) is 2.99. The molecule has 1 aliphatic carbocycles. The van der Waals surface area contributed by atoms with Crippen LogP contribution in [0.5, 0.6) is 11.5 Å². The number of amides is 3. The van der Waals surface area contributed by atoms with E-state index in [2.05, 4.69) is 5.32 Å². The summed E-state index contributed by atoms with van der Waals surface area (Å²) in [5.74, 6) is 0.476. The Labute approximate surface area is 175 Å². The molecule has 8 heteroatoms. The SMILES string of the molecule is COc1cc(NC(=O)[C@@H](CCSC)N2C(=O)[C@H]3CCCC[C@H]3C2=O)cc(OC)c1. The zero-order chi connectivity index (χ0) is 21.0. The molecule has 1 saturated heterocycles. The molecule has 0 bridgehead atoms. The third kappa shape index (κ3) is 4.52. The van der Waals surface area contributed by atoms with Crippen LogP contribution in [0.3, 0.4) is 0 Å². The molecule has 1 heterocycles. The van der Waals surface area contributed by atoms with Crippen molar-refractivity contribution >= 4 is 35.2 Å². The summed E-state index contributed by atoms with van der Waals surface area (Å²) in [5, 5.41) is 2.85. The van der Waals surface area contributed by atoms with Crippen molar-refractivity contribution in [3.8, 4) is 11.5 Å². The van der Waals surface area contributed by atoms with Crippen LogP contribution in [-0.4, -0.2) is 54.9 Å². The highest BCUT2D eigenvalue weighted by Crippen LogP contribution is 2.39. The highest BCUT2D eigenvalue weighted by atomic mass is 32.2. The lowest BCUT2D eigenvalue weighted by atomic mass is 9.81. The normalized spacial score (nSPS) is 22.2. The molecule has 2 aliphatic rings. The fourth-order valence-corrected chi connectivity index (χ4v) is 4.67. The molecule has 0 aromatic heterocycles. The predicted octanol–water partition coefficient (Wildman–Crippen LogP) is 2.94. The van der Waals surface area contributed by atoms with Gasteiger partial charge in [0.1, 0.15) is 17.5 Å². The van der Waals surface area contributed by atoms with Crippen molar-refractivity contribution in [2.24, 2.45) is 11.8 Å². The molecule has 1 aromatic rings. The monoisotopic (exact) mass is 420 g/mol. The molecular weight excluding hydrogens is 392 g/mol. The number of hydrogen-bond acceptors (Lipinski definition) is 6. The first-order valence-electron chi connectivity index (χ1n) is 9.90. The molecule has 29 heavy (non-hydrogen) atoms. The van der Waals surface area contributed by atoms with Crippen LogP contribution in [0.25, 0.3) is 0 Å². The fraction of sp³-hybridized carbons (Fsp3) is 0.571. The third-order valence-electron chi connectivity index (χ3n) is 5.70. The first-order chi connectivity index (χ1) is 14.0. The average molecular weight is 421 g/mol. The van der Waals surface area contributed by atoms with Crippen LogP contribution in [0.1, 0.15) is 32.1 Å². The quantitative estimate of drug-likeness (QED) is 0.651. The number of benzene rings is 1. The molecule has 0 spiro atoms. The second kappa shape index (κ2) is 9.52. The first kappa shape index (κ1) is 21.5. The lowest BCUT2D eigenvalue weighted by Gasteiger charge is -2.26.